The van der Waals surface area contributed by atoms with Gasteiger partial charge >= 0.3 is 0 Å². The number of hydroxylamine groups is 1. The SMILES string of the molecule is CC(O)C(NC(=O)c1ccc(C#CC#Cc2ccc(NC(=O)CNc3ccccc3F)cc2)cc1)C(=O)NO. The molecule has 0 aromatic heterocycles. The van der Waals surface area contributed by atoms with E-state index in [1.165, 1.54) is 30.6 Å². The van der Waals surface area contributed by atoms with E-state index >= 15 is 0 Å². The van der Waals surface area contributed by atoms with Crippen molar-refractivity contribution >= 4 is 29.1 Å². The van der Waals surface area contributed by atoms with Gasteiger partial charge in [-0.15, -0.1) is 0 Å². The van der Waals surface area contributed by atoms with Gasteiger partial charge in [-0.1, -0.05) is 24.0 Å². The van der Waals surface area contributed by atoms with Crippen molar-refractivity contribution in [3.8, 4) is 23.7 Å². The molecule has 2 atom stereocenters. The van der Waals surface area contributed by atoms with Gasteiger partial charge in [0, 0.05) is 22.4 Å². The summed E-state index contributed by atoms with van der Waals surface area (Å²) in [5.41, 5.74) is 3.72. The molecule has 0 saturated heterocycles. The monoisotopic (exact) mass is 528 g/mol. The van der Waals surface area contributed by atoms with Gasteiger partial charge in [-0.3, -0.25) is 19.6 Å². The van der Waals surface area contributed by atoms with Crippen LogP contribution in [0.15, 0.2) is 72.8 Å². The number of aliphatic hydroxyl groups is 1. The van der Waals surface area contributed by atoms with E-state index in [4.69, 9.17) is 5.21 Å². The minimum Gasteiger partial charge on any atom is -0.391 e. The zero-order valence-electron chi connectivity index (χ0n) is 20.8. The van der Waals surface area contributed by atoms with Crippen LogP contribution in [0.4, 0.5) is 15.8 Å². The molecule has 2 unspecified atom stereocenters. The van der Waals surface area contributed by atoms with Gasteiger partial charge in [0.25, 0.3) is 11.8 Å². The van der Waals surface area contributed by atoms with Crippen molar-refractivity contribution in [1.29, 1.82) is 0 Å². The Morgan fingerprint density at radius 1 is 0.897 bits per heavy atom. The first-order valence-corrected chi connectivity index (χ1v) is 11.7. The minimum atomic E-state index is -1.31. The number of hydrogen-bond acceptors (Lipinski definition) is 6. The molecule has 9 nitrogen and oxygen atoms in total. The second kappa shape index (κ2) is 14.0. The molecule has 0 bridgehead atoms. The van der Waals surface area contributed by atoms with E-state index < -0.39 is 29.8 Å². The van der Waals surface area contributed by atoms with Crippen LogP contribution < -0.4 is 21.4 Å². The van der Waals surface area contributed by atoms with E-state index in [1.54, 1.807) is 54.6 Å². The van der Waals surface area contributed by atoms with Gasteiger partial charge in [0.05, 0.1) is 18.3 Å². The van der Waals surface area contributed by atoms with Crippen LogP contribution in [0.25, 0.3) is 0 Å². The standard InChI is InChI=1S/C29H25FN4O5/c1-19(35)27(29(38)34-39)33-28(37)22-14-10-20(11-15-22)6-2-3-7-21-12-16-23(17-13-21)32-26(36)18-31-25-9-5-4-8-24(25)30/h4-5,8-17,19,27,31,35,39H,18H2,1H3,(H,32,36)(H,33,37)(H,34,38). The quantitative estimate of drug-likeness (QED) is 0.151. The second-order valence-electron chi connectivity index (χ2n) is 8.20. The van der Waals surface area contributed by atoms with Crippen molar-refractivity contribution in [3.63, 3.8) is 0 Å². The van der Waals surface area contributed by atoms with Gasteiger partial charge in [0.1, 0.15) is 11.9 Å². The van der Waals surface area contributed by atoms with Crippen molar-refractivity contribution in [2.75, 3.05) is 17.2 Å². The molecule has 3 amide bonds. The van der Waals surface area contributed by atoms with Crippen LogP contribution in [0.3, 0.4) is 0 Å². The molecular formula is C29H25FN4O5. The zero-order valence-corrected chi connectivity index (χ0v) is 20.8. The number of para-hydroxylation sites is 1. The zero-order chi connectivity index (χ0) is 28.2. The van der Waals surface area contributed by atoms with Crippen molar-refractivity contribution < 1.29 is 29.1 Å². The smallest absolute Gasteiger partial charge is 0.268 e. The van der Waals surface area contributed by atoms with Crippen LogP contribution >= 0.6 is 0 Å². The molecule has 198 valence electrons. The maximum atomic E-state index is 13.6. The Balaban J connectivity index is 1.51. The van der Waals surface area contributed by atoms with Gasteiger partial charge in [0.15, 0.2) is 0 Å². The predicted molar refractivity (Wildman–Crippen MR) is 143 cm³/mol. The summed E-state index contributed by atoms with van der Waals surface area (Å²) in [4.78, 5) is 36.0. The minimum absolute atomic E-state index is 0.0903. The average molecular weight is 529 g/mol. The number of amides is 3. The molecule has 0 aliphatic carbocycles. The third-order valence-corrected chi connectivity index (χ3v) is 5.27. The first-order chi connectivity index (χ1) is 18.8. The van der Waals surface area contributed by atoms with E-state index in [0.29, 0.717) is 16.8 Å². The van der Waals surface area contributed by atoms with Gasteiger partial charge in [0.2, 0.25) is 5.91 Å². The van der Waals surface area contributed by atoms with Crippen LogP contribution in [-0.2, 0) is 9.59 Å². The Morgan fingerprint density at radius 2 is 1.49 bits per heavy atom. The number of nitrogens with one attached hydrogen (secondary N) is 4. The van der Waals surface area contributed by atoms with E-state index in [1.807, 2.05) is 0 Å². The molecule has 0 aliphatic heterocycles. The molecule has 3 rings (SSSR count). The fourth-order valence-electron chi connectivity index (χ4n) is 3.23. The molecule has 39 heavy (non-hydrogen) atoms. The Hall–Kier alpha value is -5.16. The van der Waals surface area contributed by atoms with Crippen LogP contribution in [0.1, 0.15) is 28.4 Å². The normalized spacial score (nSPS) is 11.4. The van der Waals surface area contributed by atoms with E-state index in [9.17, 15) is 23.9 Å². The lowest BCUT2D eigenvalue weighted by molar-refractivity contribution is -0.133. The third kappa shape index (κ3) is 8.72. The van der Waals surface area contributed by atoms with E-state index in [2.05, 4.69) is 39.6 Å². The fraction of sp³-hybridized carbons (Fsp3) is 0.138. The number of aliphatic hydroxyl groups excluding tert-OH is 1. The summed E-state index contributed by atoms with van der Waals surface area (Å²) in [5.74, 6) is 8.88. The summed E-state index contributed by atoms with van der Waals surface area (Å²) in [6.45, 7) is 1.22. The Bertz CT molecular complexity index is 1450. The second-order valence-corrected chi connectivity index (χ2v) is 8.20. The van der Waals surface area contributed by atoms with Gasteiger partial charge in [-0.25, -0.2) is 9.87 Å². The highest BCUT2D eigenvalue weighted by Crippen LogP contribution is 2.13. The van der Waals surface area contributed by atoms with Crippen LogP contribution in [-0.4, -0.2) is 46.7 Å². The molecule has 0 aliphatic rings. The van der Waals surface area contributed by atoms with Crippen LogP contribution in [0, 0.1) is 29.5 Å². The van der Waals surface area contributed by atoms with Crippen molar-refractivity contribution in [3.05, 3.63) is 95.3 Å². The predicted octanol–water partition coefficient (Wildman–Crippen LogP) is 2.26. The van der Waals surface area contributed by atoms with E-state index in [-0.39, 0.29) is 23.7 Å². The lowest BCUT2D eigenvalue weighted by atomic mass is 10.1. The molecule has 0 saturated carbocycles. The molecule has 3 aromatic carbocycles. The van der Waals surface area contributed by atoms with Gasteiger partial charge in [-0.05, 0) is 79.4 Å². The number of halogens is 1. The highest BCUT2D eigenvalue weighted by Gasteiger charge is 2.25. The van der Waals surface area contributed by atoms with Gasteiger partial charge in [-0.2, -0.15) is 0 Å². The summed E-state index contributed by atoms with van der Waals surface area (Å²) in [6.07, 6.45) is -1.21. The number of anilines is 2. The molecular weight excluding hydrogens is 503 g/mol. The Labute approximate surface area is 224 Å². The summed E-state index contributed by atoms with van der Waals surface area (Å²) < 4.78 is 13.6. The maximum Gasteiger partial charge on any atom is 0.268 e. The molecule has 0 heterocycles. The number of benzene rings is 3. The van der Waals surface area contributed by atoms with Crippen molar-refractivity contribution in [2.24, 2.45) is 0 Å². The highest BCUT2D eigenvalue weighted by atomic mass is 19.1. The number of hydrogen-bond donors (Lipinski definition) is 6. The molecule has 0 radical (unpaired) electrons. The summed E-state index contributed by atoms with van der Waals surface area (Å²) in [7, 11) is 0. The summed E-state index contributed by atoms with van der Waals surface area (Å²) in [5, 5.41) is 26.2. The molecule has 0 spiro atoms. The number of carbonyl (C=O) groups excluding carboxylic acids is 3. The van der Waals surface area contributed by atoms with Crippen LogP contribution in [0.2, 0.25) is 0 Å². The number of carbonyl (C=O) groups is 3. The lowest BCUT2D eigenvalue weighted by Gasteiger charge is -2.19. The van der Waals surface area contributed by atoms with Crippen molar-refractivity contribution in [1.82, 2.24) is 10.8 Å². The molecule has 3 aromatic rings. The average Bonchev–Trinajstić information content (AvgIpc) is 2.94. The van der Waals surface area contributed by atoms with Crippen LogP contribution in [0.5, 0.6) is 0 Å². The fourth-order valence-corrected chi connectivity index (χ4v) is 3.23. The Kier molecular flexibility index (Phi) is 10.2. The number of rotatable bonds is 8. The summed E-state index contributed by atoms with van der Waals surface area (Å²) in [6, 6.07) is 17.8. The topological polar surface area (TPSA) is 140 Å². The largest absolute Gasteiger partial charge is 0.391 e. The van der Waals surface area contributed by atoms with E-state index in [0.717, 1.165) is 0 Å². The maximum absolute atomic E-state index is 13.6. The van der Waals surface area contributed by atoms with Gasteiger partial charge < -0.3 is 21.1 Å². The molecule has 0 fully saturated rings. The molecule has 10 heteroatoms. The first-order valence-electron chi connectivity index (χ1n) is 11.7. The highest BCUT2D eigenvalue weighted by molar-refractivity contribution is 5.97. The first kappa shape index (κ1) is 28.4. The van der Waals surface area contributed by atoms with Crippen molar-refractivity contribution in [2.45, 2.75) is 19.1 Å². The lowest BCUT2D eigenvalue weighted by Crippen LogP contribution is -2.51. The Morgan fingerprint density at radius 3 is 2.05 bits per heavy atom. The molecule has 6 N–H and O–H groups in total. The third-order valence-electron chi connectivity index (χ3n) is 5.27. The summed E-state index contributed by atoms with van der Waals surface area (Å²) >= 11 is 0.